The van der Waals surface area contributed by atoms with Gasteiger partial charge in [-0.1, -0.05) is 18.2 Å². The summed E-state index contributed by atoms with van der Waals surface area (Å²) in [5.74, 6) is -1.65. The van der Waals surface area contributed by atoms with Gasteiger partial charge in [0.15, 0.2) is 12.3 Å². The lowest BCUT2D eigenvalue weighted by atomic mass is 10.1. The first-order valence-electron chi connectivity index (χ1n) is 7.55. The number of amides is 3. The average molecular weight is 346 g/mol. The molecule has 2 aromatic rings. The molecule has 1 heterocycles. The van der Waals surface area contributed by atoms with Gasteiger partial charge in [0.1, 0.15) is 0 Å². The standard InChI is InChI=1S/C16H18N4O5/c1-9(2)20-14(22)11-7-5-4-6-10(11)13(19-20)15(23)25-8-12(21)18-16(24)17-3/h4-7,9H,8H2,1-3H3,(H2,17,18,21,24). The molecule has 25 heavy (non-hydrogen) atoms. The van der Waals surface area contributed by atoms with E-state index < -0.39 is 24.5 Å². The lowest BCUT2D eigenvalue weighted by Gasteiger charge is -2.13. The maximum Gasteiger partial charge on any atom is 0.359 e. The van der Waals surface area contributed by atoms with E-state index in [-0.39, 0.29) is 17.3 Å². The molecule has 0 aliphatic heterocycles. The van der Waals surface area contributed by atoms with E-state index in [0.717, 1.165) is 0 Å². The fourth-order valence-corrected chi connectivity index (χ4v) is 2.13. The van der Waals surface area contributed by atoms with Gasteiger partial charge in [-0.05, 0) is 19.9 Å². The summed E-state index contributed by atoms with van der Waals surface area (Å²) in [5, 5.41) is 8.91. The van der Waals surface area contributed by atoms with Crippen molar-refractivity contribution in [2.75, 3.05) is 13.7 Å². The monoisotopic (exact) mass is 346 g/mol. The van der Waals surface area contributed by atoms with Crippen LogP contribution in [0.4, 0.5) is 4.79 Å². The SMILES string of the molecule is CNC(=O)NC(=O)COC(=O)c1nn(C(C)C)c(=O)c2ccccc12. The number of fused-ring (bicyclic) bond motifs is 1. The number of rotatable bonds is 4. The van der Waals surface area contributed by atoms with Gasteiger partial charge in [-0.2, -0.15) is 5.10 Å². The molecule has 0 atom stereocenters. The molecular formula is C16H18N4O5. The number of hydrogen-bond donors (Lipinski definition) is 2. The van der Waals surface area contributed by atoms with Crippen molar-refractivity contribution in [3.63, 3.8) is 0 Å². The minimum absolute atomic E-state index is 0.0726. The van der Waals surface area contributed by atoms with Crippen LogP contribution in [0.15, 0.2) is 29.1 Å². The Labute approximate surface area is 143 Å². The number of carbonyl (C=O) groups is 3. The third kappa shape index (κ3) is 4.00. The van der Waals surface area contributed by atoms with Gasteiger partial charge in [-0.3, -0.25) is 14.9 Å². The molecule has 2 N–H and O–H groups in total. The van der Waals surface area contributed by atoms with E-state index in [2.05, 4.69) is 10.4 Å². The quantitative estimate of drug-likeness (QED) is 0.782. The van der Waals surface area contributed by atoms with Crippen LogP contribution in [0.2, 0.25) is 0 Å². The molecule has 9 nitrogen and oxygen atoms in total. The van der Waals surface area contributed by atoms with Crippen LogP contribution in [-0.2, 0) is 9.53 Å². The molecule has 1 aromatic carbocycles. The van der Waals surface area contributed by atoms with Gasteiger partial charge < -0.3 is 10.1 Å². The lowest BCUT2D eigenvalue weighted by molar-refractivity contribution is -0.123. The number of nitrogens with zero attached hydrogens (tertiary/aromatic N) is 2. The van der Waals surface area contributed by atoms with Crippen LogP contribution >= 0.6 is 0 Å². The summed E-state index contributed by atoms with van der Waals surface area (Å²) >= 11 is 0. The molecular weight excluding hydrogens is 328 g/mol. The molecule has 0 saturated carbocycles. The second-order valence-electron chi connectivity index (χ2n) is 5.44. The normalized spacial score (nSPS) is 10.6. The highest BCUT2D eigenvalue weighted by molar-refractivity contribution is 6.03. The van der Waals surface area contributed by atoms with Gasteiger partial charge >= 0.3 is 12.0 Å². The van der Waals surface area contributed by atoms with Crippen molar-refractivity contribution in [3.8, 4) is 0 Å². The van der Waals surface area contributed by atoms with E-state index in [1.165, 1.54) is 11.7 Å². The van der Waals surface area contributed by atoms with Crippen LogP contribution in [0.3, 0.4) is 0 Å². The van der Waals surface area contributed by atoms with Crippen molar-refractivity contribution in [3.05, 3.63) is 40.3 Å². The Morgan fingerprint density at radius 3 is 2.44 bits per heavy atom. The fraction of sp³-hybridized carbons (Fsp3) is 0.312. The highest BCUT2D eigenvalue weighted by atomic mass is 16.5. The average Bonchev–Trinajstić information content (AvgIpc) is 2.59. The summed E-state index contributed by atoms with van der Waals surface area (Å²) in [7, 11) is 1.35. The van der Waals surface area contributed by atoms with Gasteiger partial charge in [0, 0.05) is 12.4 Å². The fourth-order valence-electron chi connectivity index (χ4n) is 2.13. The van der Waals surface area contributed by atoms with Crippen LogP contribution in [0.1, 0.15) is 30.4 Å². The van der Waals surface area contributed by atoms with Gasteiger partial charge in [-0.15, -0.1) is 0 Å². The van der Waals surface area contributed by atoms with Gasteiger partial charge in [0.25, 0.3) is 11.5 Å². The molecule has 9 heteroatoms. The first-order chi connectivity index (χ1) is 11.8. The van der Waals surface area contributed by atoms with E-state index in [4.69, 9.17) is 4.74 Å². The minimum Gasteiger partial charge on any atom is -0.451 e. The van der Waals surface area contributed by atoms with E-state index in [1.54, 1.807) is 38.1 Å². The Bertz CT molecular complexity index is 888. The summed E-state index contributed by atoms with van der Waals surface area (Å²) in [6.45, 7) is 2.87. The van der Waals surface area contributed by atoms with Crippen LogP contribution in [0.5, 0.6) is 0 Å². The molecule has 0 spiro atoms. The lowest BCUT2D eigenvalue weighted by Crippen LogP contribution is -2.39. The first kappa shape index (κ1) is 18.1. The topological polar surface area (TPSA) is 119 Å². The van der Waals surface area contributed by atoms with E-state index >= 15 is 0 Å². The number of carbonyl (C=O) groups excluding carboxylic acids is 3. The van der Waals surface area contributed by atoms with Crippen molar-refractivity contribution in [1.29, 1.82) is 0 Å². The molecule has 0 aliphatic rings. The molecule has 0 fully saturated rings. The molecule has 0 bridgehead atoms. The molecule has 1 aromatic heterocycles. The predicted molar refractivity (Wildman–Crippen MR) is 89.3 cm³/mol. The number of imide groups is 1. The van der Waals surface area contributed by atoms with E-state index in [9.17, 15) is 19.2 Å². The molecule has 2 rings (SSSR count). The number of aromatic nitrogens is 2. The molecule has 0 radical (unpaired) electrons. The maximum absolute atomic E-state index is 12.4. The number of hydrogen-bond acceptors (Lipinski definition) is 6. The van der Waals surface area contributed by atoms with Crippen LogP contribution in [-0.4, -0.2) is 41.3 Å². The van der Waals surface area contributed by atoms with E-state index in [1.807, 2.05) is 5.32 Å². The summed E-state index contributed by atoms with van der Waals surface area (Å²) < 4.78 is 6.09. The molecule has 0 saturated heterocycles. The van der Waals surface area contributed by atoms with Gasteiger partial charge in [0.05, 0.1) is 11.4 Å². The van der Waals surface area contributed by atoms with Crippen molar-refractivity contribution >= 4 is 28.7 Å². The maximum atomic E-state index is 12.4. The number of nitrogens with one attached hydrogen (secondary N) is 2. The van der Waals surface area contributed by atoms with E-state index in [0.29, 0.717) is 10.8 Å². The smallest absolute Gasteiger partial charge is 0.359 e. The first-order valence-corrected chi connectivity index (χ1v) is 7.55. The highest BCUT2D eigenvalue weighted by Gasteiger charge is 2.20. The van der Waals surface area contributed by atoms with Gasteiger partial charge in [0.2, 0.25) is 0 Å². The van der Waals surface area contributed by atoms with Gasteiger partial charge in [-0.25, -0.2) is 14.3 Å². The zero-order valence-corrected chi connectivity index (χ0v) is 14.0. The van der Waals surface area contributed by atoms with Crippen LogP contribution in [0, 0.1) is 0 Å². The Hall–Kier alpha value is -3.23. The Balaban J connectivity index is 2.32. The highest BCUT2D eigenvalue weighted by Crippen LogP contribution is 2.15. The van der Waals surface area contributed by atoms with Crippen LogP contribution < -0.4 is 16.2 Å². The van der Waals surface area contributed by atoms with Crippen molar-refractivity contribution in [2.45, 2.75) is 19.9 Å². The summed E-state index contributed by atoms with van der Waals surface area (Å²) in [6.07, 6.45) is 0. The van der Waals surface area contributed by atoms with Crippen LogP contribution in [0.25, 0.3) is 10.8 Å². The number of urea groups is 1. The molecule has 0 aliphatic carbocycles. The minimum atomic E-state index is -0.863. The summed E-state index contributed by atoms with van der Waals surface area (Å²) in [6, 6.07) is 5.54. The van der Waals surface area contributed by atoms with Crippen molar-refractivity contribution in [2.24, 2.45) is 0 Å². The van der Waals surface area contributed by atoms with Crippen molar-refractivity contribution in [1.82, 2.24) is 20.4 Å². The number of benzene rings is 1. The zero-order chi connectivity index (χ0) is 18.6. The zero-order valence-electron chi connectivity index (χ0n) is 14.0. The Morgan fingerprint density at radius 2 is 1.84 bits per heavy atom. The second kappa shape index (κ2) is 7.56. The Morgan fingerprint density at radius 1 is 1.20 bits per heavy atom. The third-order valence-electron chi connectivity index (χ3n) is 3.33. The van der Waals surface area contributed by atoms with Crippen molar-refractivity contribution < 1.29 is 19.1 Å². The third-order valence-corrected chi connectivity index (χ3v) is 3.33. The second-order valence-corrected chi connectivity index (χ2v) is 5.44. The number of ether oxygens (including phenoxy) is 1. The molecule has 132 valence electrons. The number of esters is 1. The largest absolute Gasteiger partial charge is 0.451 e. The molecule has 3 amide bonds. The predicted octanol–water partition coefficient (Wildman–Crippen LogP) is 0.590. The summed E-state index contributed by atoms with van der Waals surface area (Å²) in [5.41, 5.74) is -0.392. The Kier molecular flexibility index (Phi) is 5.48. The summed E-state index contributed by atoms with van der Waals surface area (Å²) in [4.78, 5) is 47.3. The molecule has 0 unspecified atom stereocenters.